The Morgan fingerprint density at radius 2 is 1.73 bits per heavy atom. The number of ether oxygens (including phenoxy) is 1. The Morgan fingerprint density at radius 3 is 2.27 bits per heavy atom. The molecule has 0 aliphatic heterocycles. The summed E-state index contributed by atoms with van der Waals surface area (Å²) in [6, 6.07) is 11.5. The molecule has 0 fully saturated rings. The number of anilines is 1. The zero-order valence-electron chi connectivity index (χ0n) is 13.6. The number of rotatable bonds is 5. The Kier molecular flexibility index (Phi) is 4.93. The molecule has 0 aliphatic rings. The lowest BCUT2D eigenvalue weighted by Gasteiger charge is -2.20. The van der Waals surface area contributed by atoms with E-state index >= 15 is 0 Å². The monoisotopic (exact) mass is 300 g/mol. The molecule has 0 saturated carbocycles. The summed E-state index contributed by atoms with van der Waals surface area (Å²) in [6.45, 7) is 6.20. The maximum absolute atomic E-state index is 10.2. The topological polar surface area (TPSA) is 67.5 Å². The number of phenols is 1. The minimum absolute atomic E-state index is 0.133. The minimum atomic E-state index is -0.494. The van der Waals surface area contributed by atoms with Crippen LogP contribution in [-0.4, -0.2) is 12.2 Å². The average molecular weight is 300 g/mol. The first-order chi connectivity index (χ1) is 10.4. The van der Waals surface area contributed by atoms with Crippen molar-refractivity contribution in [2.45, 2.75) is 32.9 Å². The summed E-state index contributed by atoms with van der Waals surface area (Å²) in [4.78, 5) is 0. The van der Waals surface area contributed by atoms with Gasteiger partial charge in [0.1, 0.15) is 17.7 Å². The van der Waals surface area contributed by atoms with Crippen LogP contribution in [0.5, 0.6) is 11.5 Å². The SMILES string of the molecule is COc1cc(O)c(C(N)Nc2ccc(C)cc2)cc1C(C)C. The molecule has 0 saturated heterocycles. The predicted octanol–water partition coefficient (Wildman–Crippen LogP) is 3.90. The second-order valence-corrected chi connectivity index (χ2v) is 5.80. The number of methoxy groups -OCH3 is 1. The second kappa shape index (κ2) is 6.71. The first kappa shape index (κ1) is 16.2. The Hall–Kier alpha value is -2.20. The van der Waals surface area contributed by atoms with Crippen LogP contribution in [0.25, 0.3) is 0 Å². The molecule has 4 nitrogen and oxygen atoms in total. The van der Waals surface area contributed by atoms with Crippen molar-refractivity contribution < 1.29 is 9.84 Å². The van der Waals surface area contributed by atoms with Crippen molar-refractivity contribution in [2.24, 2.45) is 5.73 Å². The van der Waals surface area contributed by atoms with Gasteiger partial charge in [-0.3, -0.25) is 0 Å². The lowest BCUT2D eigenvalue weighted by Crippen LogP contribution is -2.20. The number of benzene rings is 2. The molecular formula is C18H24N2O2. The fourth-order valence-electron chi connectivity index (χ4n) is 2.39. The zero-order chi connectivity index (χ0) is 16.3. The molecule has 0 aliphatic carbocycles. The van der Waals surface area contributed by atoms with E-state index in [0.29, 0.717) is 11.3 Å². The number of phenolic OH excluding ortho intramolecular Hbond substituents is 1. The molecule has 1 atom stereocenters. The van der Waals surface area contributed by atoms with Gasteiger partial charge in [0.05, 0.1) is 7.11 Å². The van der Waals surface area contributed by atoms with Gasteiger partial charge < -0.3 is 20.9 Å². The van der Waals surface area contributed by atoms with E-state index in [4.69, 9.17) is 10.5 Å². The fraction of sp³-hybridized carbons (Fsp3) is 0.333. The molecule has 4 N–H and O–H groups in total. The van der Waals surface area contributed by atoms with Crippen LogP contribution < -0.4 is 15.8 Å². The molecule has 2 aromatic carbocycles. The van der Waals surface area contributed by atoms with Gasteiger partial charge in [-0.2, -0.15) is 0 Å². The van der Waals surface area contributed by atoms with E-state index in [1.807, 2.05) is 37.3 Å². The van der Waals surface area contributed by atoms with E-state index in [9.17, 15) is 5.11 Å². The molecule has 0 aromatic heterocycles. The molecule has 1 unspecified atom stereocenters. The molecule has 4 heteroatoms. The number of nitrogens with two attached hydrogens (primary N) is 1. The third-order valence-electron chi connectivity index (χ3n) is 3.71. The van der Waals surface area contributed by atoms with E-state index in [2.05, 4.69) is 19.2 Å². The summed E-state index contributed by atoms with van der Waals surface area (Å²) in [7, 11) is 1.60. The highest BCUT2D eigenvalue weighted by atomic mass is 16.5. The summed E-state index contributed by atoms with van der Waals surface area (Å²) in [6.07, 6.45) is -0.494. The van der Waals surface area contributed by atoms with E-state index in [1.54, 1.807) is 13.2 Å². The van der Waals surface area contributed by atoms with Crippen molar-refractivity contribution >= 4 is 5.69 Å². The predicted molar refractivity (Wildman–Crippen MR) is 90.5 cm³/mol. The number of nitrogens with one attached hydrogen (secondary N) is 1. The highest BCUT2D eigenvalue weighted by Gasteiger charge is 2.17. The van der Waals surface area contributed by atoms with Crippen molar-refractivity contribution in [1.82, 2.24) is 0 Å². The van der Waals surface area contributed by atoms with Gasteiger partial charge in [0, 0.05) is 17.3 Å². The minimum Gasteiger partial charge on any atom is -0.507 e. The average Bonchev–Trinajstić information content (AvgIpc) is 2.48. The molecule has 2 rings (SSSR count). The van der Waals surface area contributed by atoms with Crippen molar-refractivity contribution in [2.75, 3.05) is 12.4 Å². The van der Waals surface area contributed by atoms with Crippen molar-refractivity contribution in [3.63, 3.8) is 0 Å². The first-order valence-corrected chi connectivity index (χ1v) is 7.42. The van der Waals surface area contributed by atoms with Crippen LogP contribution in [0.15, 0.2) is 36.4 Å². The van der Waals surface area contributed by atoms with Crippen molar-refractivity contribution in [3.8, 4) is 11.5 Å². The largest absolute Gasteiger partial charge is 0.507 e. The third-order valence-corrected chi connectivity index (χ3v) is 3.71. The van der Waals surface area contributed by atoms with Gasteiger partial charge in [-0.15, -0.1) is 0 Å². The van der Waals surface area contributed by atoms with Crippen LogP contribution in [0, 0.1) is 6.92 Å². The molecule has 0 heterocycles. The molecule has 118 valence electrons. The maximum atomic E-state index is 10.2. The Morgan fingerprint density at radius 1 is 1.09 bits per heavy atom. The molecule has 0 spiro atoms. The maximum Gasteiger partial charge on any atom is 0.126 e. The Balaban J connectivity index is 2.30. The van der Waals surface area contributed by atoms with E-state index in [0.717, 1.165) is 11.3 Å². The quantitative estimate of drug-likeness (QED) is 0.733. The van der Waals surface area contributed by atoms with Crippen LogP contribution in [0.2, 0.25) is 0 Å². The summed E-state index contributed by atoms with van der Waals surface area (Å²) < 4.78 is 5.33. The Labute approximate surface area is 131 Å². The number of hydrogen-bond donors (Lipinski definition) is 3. The lowest BCUT2D eigenvalue weighted by atomic mass is 9.97. The van der Waals surface area contributed by atoms with Crippen LogP contribution in [0.3, 0.4) is 0 Å². The second-order valence-electron chi connectivity index (χ2n) is 5.80. The van der Waals surface area contributed by atoms with Crippen molar-refractivity contribution in [3.05, 3.63) is 53.1 Å². The molecule has 2 aromatic rings. The third kappa shape index (κ3) is 3.52. The highest BCUT2D eigenvalue weighted by Crippen LogP contribution is 2.35. The van der Waals surface area contributed by atoms with E-state index in [-0.39, 0.29) is 11.7 Å². The van der Waals surface area contributed by atoms with Gasteiger partial charge in [0.15, 0.2) is 0 Å². The standard InChI is InChI=1S/C18H24N2O2/c1-11(2)14-9-15(16(21)10-17(14)22-4)18(19)20-13-7-5-12(3)6-8-13/h5-11,18,20-21H,19H2,1-4H3. The number of aromatic hydroxyl groups is 1. The van der Waals surface area contributed by atoms with E-state index < -0.39 is 6.17 Å². The van der Waals surface area contributed by atoms with Crippen LogP contribution in [0.1, 0.15) is 42.6 Å². The van der Waals surface area contributed by atoms with Gasteiger partial charge in [-0.1, -0.05) is 31.5 Å². The summed E-state index contributed by atoms with van der Waals surface area (Å²) >= 11 is 0. The highest BCUT2D eigenvalue weighted by molar-refractivity contribution is 5.52. The van der Waals surface area contributed by atoms with Gasteiger partial charge >= 0.3 is 0 Å². The summed E-state index contributed by atoms with van der Waals surface area (Å²) in [5.41, 5.74) is 10.0. The fourth-order valence-corrected chi connectivity index (χ4v) is 2.39. The molecule has 0 bridgehead atoms. The van der Waals surface area contributed by atoms with E-state index in [1.165, 1.54) is 5.56 Å². The number of hydrogen-bond acceptors (Lipinski definition) is 4. The molecule has 0 amide bonds. The van der Waals surface area contributed by atoms with Gasteiger partial charge in [-0.05, 0) is 36.6 Å². The smallest absolute Gasteiger partial charge is 0.126 e. The summed E-state index contributed by atoms with van der Waals surface area (Å²) in [5, 5.41) is 13.4. The van der Waals surface area contributed by atoms with Gasteiger partial charge in [0.2, 0.25) is 0 Å². The lowest BCUT2D eigenvalue weighted by molar-refractivity contribution is 0.398. The molecular weight excluding hydrogens is 276 g/mol. The number of aryl methyl sites for hydroxylation is 1. The van der Waals surface area contributed by atoms with Crippen LogP contribution >= 0.6 is 0 Å². The molecule has 22 heavy (non-hydrogen) atoms. The zero-order valence-corrected chi connectivity index (χ0v) is 13.6. The molecule has 0 radical (unpaired) electrons. The van der Waals surface area contributed by atoms with Crippen molar-refractivity contribution in [1.29, 1.82) is 0 Å². The Bertz CT molecular complexity index is 636. The van der Waals surface area contributed by atoms with Crippen LogP contribution in [0.4, 0.5) is 5.69 Å². The normalized spacial score (nSPS) is 12.3. The first-order valence-electron chi connectivity index (χ1n) is 7.42. The van der Waals surface area contributed by atoms with Gasteiger partial charge in [0.25, 0.3) is 0 Å². The van der Waals surface area contributed by atoms with Crippen LogP contribution in [-0.2, 0) is 0 Å². The summed E-state index contributed by atoms with van der Waals surface area (Å²) in [5.74, 6) is 1.09. The van der Waals surface area contributed by atoms with Gasteiger partial charge in [-0.25, -0.2) is 0 Å².